The highest BCUT2D eigenvalue weighted by atomic mass is 79.9. The van der Waals surface area contributed by atoms with Crippen LogP contribution in [0.5, 0.6) is 0 Å². The molecule has 0 spiro atoms. The number of aromatic nitrogens is 1. The minimum Gasteiger partial charge on any atom is -0.348 e. The van der Waals surface area contributed by atoms with Crippen LogP contribution in [0.2, 0.25) is 0 Å². The van der Waals surface area contributed by atoms with E-state index in [4.69, 9.17) is 5.26 Å². The number of hydrogen-bond acceptors (Lipinski definition) is 3. The summed E-state index contributed by atoms with van der Waals surface area (Å²) in [5.41, 5.74) is 0.833. The van der Waals surface area contributed by atoms with Crippen LogP contribution >= 0.6 is 15.9 Å². The summed E-state index contributed by atoms with van der Waals surface area (Å²) >= 11 is 3.48. The first-order valence-corrected chi connectivity index (χ1v) is 7.09. The number of nitrogens with zero attached hydrogens (tertiary/aromatic N) is 2. The fourth-order valence-corrected chi connectivity index (χ4v) is 3.02. The molecule has 94 valence electrons. The number of rotatable bonds is 3. The Morgan fingerprint density at radius 3 is 3.00 bits per heavy atom. The molecular formula is C13H14BrN3O. The van der Waals surface area contributed by atoms with Crippen LogP contribution in [-0.2, 0) is 0 Å². The van der Waals surface area contributed by atoms with Gasteiger partial charge in [0.25, 0.3) is 5.91 Å². The average molecular weight is 308 g/mol. The number of hydrogen-bond donors (Lipinski definition) is 1. The van der Waals surface area contributed by atoms with Gasteiger partial charge in [-0.3, -0.25) is 4.79 Å². The van der Waals surface area contributed by atoms with E-state index in [1.165, 1.54) is 6.20 Å². The van der Waals surface area contributed by atoms with E-state index in [1.807, 2.05) is 6.07 Å². The van der Waals surface area contributed by atoms with Gasteiger partial charge in [-0.15, -0.1) is 0 Å². The SMILES string of the molecule is N#Cc1ccc(C(=O)NC2CCCC2CBr)nc1. The van der Waals surface area contributed by atoms with Crippen molar-refractivity contribution in [2.24, 2.45) is 5.92 Å². The van der Waals surface area contributed by atoms with Gasteiger partial charge in [-0.2, -0.15) is 5.26 Å². The molecule has 4 nitrogen and oxygen atoms in total. The zero-order valence-electron chi connectivity index (χ0n) is 9.90. The number of carbonyl (C=O) groups is 1. The maximum absolute atomic E-state index is 12.0. The summed E-state index contributed by atoms with van der Waals surface area (Å²) < 4.78 is 0. The number of carbonyl (C=O) groups excluding carboxylic acids is 1. The average Bonchev–Trinajstić information content (AvgIpc) is 2.86. The van der Waals surface area contributed by atoms with Gasteiger partial charge in [-0.1, -0.05) is 22.4 Å². The van der Waals surface area contributed by atoms with E-state index in [2.05, 4.69) is 26.2 Å². The van der Waals surface area contributed by atoms with Crippen LogP contribution in [0.1, 0.15) is 35.3 Å². The number of alkyl halides is 1. The molecule has 5 heteroatoms. The molecule has 0 bridgehead atoms. The molecule has 0 saturated heterocycles. The summed E-state index contributed by atoms with van der Waals surface area (Å²) in [6.45, 7) is 0. The van der Waals surface area contributed by atoms with Gasteiger partial charge in [0, 0.05) is 17.6 Å². The largest absolute Gasteiger partial charge is 0.348 e. The van der Waals surface area contributed by atoms with Crippen molar-refractivity contribution in [2.75, 3.05) is 5.33 Å². The zero-order valence-corrected chi connectivity index (χ0v) is 11.5. The summed E-state index contributed by atoms with van der Waals surface area (Å²) in [4.78, 5) is 16.0. The number of nitriles is 1. The number of pyridine rings is 1. The third kappa shape index (κ3) is 2.88. The summed E-state index contributed by atoms with van der Waals surface area (Å²) in [7, 11) is 0. The number of nitrogens with one attached hydrogen (secondary N) is 1. The van der Waals surface area contributed by atoms with Crippen molar-refractivity contribution in [3.05, 3.63) is 29.6 Å². The molecule has 0 aromatic carbocycles. The molecule has 2 atom stereocenters. The van der Waals surface area contributed by atoms with Gasteiger partial charge in [0.1, 0.15) is 11.8 Å². The molecule has 1 aromatic rings. The minimum absolute atomic E-state index is 0.155. The Kier molecular flexibility index (Phi) is 4.32. The second-order valence-corrected chi connectivity index (χ2v) is 5.12. The highest BCUT2D eigenvalue weighted by molar-refractivity contribution is 9.09. The van der Waals surface area contributed by atoms with Gasteiger partial charge in [0.05, 0.1) is 5.56 Å². The number of halogens is 1. The summed E-state index contributed by atoms with van der Waals surface area (Å²) in [6.07, 6.45) is 4.75. The van der Waals surface area contributed by atoms with Gasteiger partial charge in [-0.05, 0) is 30.9 Å². The lowest BCUT2D eigenvalue weighted by atomic mass is 10.1. The van der Waals surface area contributed by atoms with Crippen molar-refractivity contribution < 1.29 is 4.79 Å². The molecule has 1 heterocycles. The molecule has 2 unspecified atom stereocenters. The van der Waals surface area contributed by atoms with Crippen molar-refractivity contribution in [3.63, 3.8) is 0 Å². The van der Waals surface area contributed by atoms with Gasteiger partial charge >= 0.3 is 0 Å². The normalized spacial score (nSPS) is 22.4. The lowest BCUT2D eigenvalue weighted by molar-refractivity contribution is 0.0925. The molecular weight excluding hydrogens is 294 g/mol. The summed E-state index contributed by atoms with van der Waals surface area (Å²) in [6, 6.07) is 5.41. The van der Waals surface area contributed by atoms with E-state index < -0.39 is 0 Å². The second-order valence-electron chi connectivity index (χ2n) is 4.47. The predicted octanol–water partition coefficient (Wildman–Crippen LogP) is 2.25. The highest BCUT2D eigenvalue weighted by Crippen LogP contribution is 2.27. The Labute approximate surface area is 115 Å². The zero-order chi connectivity index (χ0) is 13.0. The van der Waals surface area contributed by atoms with Crippen molar-refractivity contribution in [1.29, 1.82) is 5.26 Å². The third-order valence-electron chi connectivity index (χ3n) is 3.30. The van der Waals surface area contributed by atoms with E-state index in [-0.39, 0.29) is 11.9 Å². The van der Waals surface area contributed by atoms with Crippen LogP contribution in [0.25, 0.3) is 0 Å². The van der Waals surface area contributed by atoms with Crippen molar-refractivity contribution in [2.45, 2.75) is 25.3 Å². The summed E-state index contributed by atoms with van der Waals surface area (Å²) in [5, 5.41) is 12.6. The lowest BCUT2D eigenvalue weighted by Gasteiger charge is -2.18. The number of amides is 1. The molecule has 18 heavy (non-hydrogen) atoms. The fraction of sp³-hybridized carbons (Fsp3) is 0.462. The van der Waals surface area contributed by atoms with E-state index in [0.29, 0.717) is 17.2 Å². The van der Waals surface area contributed by atoms with Crippen LogP contribution in [0.4, 0.5) is 0 Å². The fourth-order valence-electron chi connectivity index (χ4n) is 2.25. The molecule has 0 radical (unpaired) electrons. The van der Waals surface area contributed by atoms with Crippen molar-refractivity contribution >= 4 is 21.8 Å². The lowest BCUT2D eigenvalue weighted by Crippen LogP contribution is -2.38. The first kappa shape index (κ1) is 13.0. The topological polar surface area (TPSA) is 65.8 Å². The van der Waals surface area contributed by atoms with E-state index in [9.17, 15) is 4.79 Å². The monoisotopic (exact) mass is 307 g/mol. The van der Waals surface area contributed by atoms with E-state index >= 15 is 0 Å². The molecule has 1 aliphatic rings. The Morgan fingerprint density at radius 2 is 2.39 bits per heavy atom. The van der Waals surface area contributed by atoms with Crippen molar-refractivity contribution in [3.8, 4) is 6.07 Å². The van der Waals surface area contributed by atoms with Crippen molar-refractivity contribution in [1.82, 2.24) is 10.3 Å². The molecule has 0 aliphatic heterocycles. The van der Waals surface area contributed by atoms with E-state index in [1.54, 1.807) is 12.1 Å². The molecule has 1 saturated carbocycles. The van der Waals surface area contributed by atoms with Gasteiger partial charge in [-0.25, -0.2) is 4.98 Å². The standard InChI is InChI=1S/C13H14BrN3O/c14-6-10-2-1-3-11(10)17-13(18)12-5-4-9(7-15)8-16-12/h4-5,8,10-11H,1-3,6H2,(H,17,18). The third-order valence-corrected chi connectivity index (χ3v) is 4.13. The van der Waals surface area contributed by atoms with Crippen LogP contribution < -0.4 is 5.32 Å². The first-order chi connectivity index (χ1) is 8.74. The first-order valence-electron chi connectivity index (χ1n) is 5.97. The smallest absolute Gasteiger partial charge is 0.270 e. The molecule has 1 amide bonds. The maximum atomic E-state index is 12.0. The van der Waals surface area contributed by atoms with Crippen LogP contribution in [0, 0.1) is 17.2 Å². The molecule has 1 aromatic heterocycles. The minimum atomic E-state index is -0.155. The van der Waals surface area contributed by atoms with Gasteiger partial charge in [0.15, 0.2) is 0 Å². The molecule has 1 fully saturated rings. The van der Waals surface area contributed by atoms with Gasteiger partial charge in [0.2, 0.25) is 0 Å². The van der Waals surface area contributed by atoms with Crippen LogP contribution in [0.3, 0.4) is 0 Å². The van der Waals surface area contributed by atoms with Crippen LogP contribution in [-0.4, -0.2) is 22.3 Å². The Morgan fingerprint density at radius 1 is 1.56 bits per heavy atom. The maximum Gasteiger partial charge on any atom is 0.270 e. The predicted molar refractivity (Wildman–Crippen MR) is 71.3 cm³/mol. The van der Waals surface area contributed by atoms with Crippen LogP contribution in [0.15, 0.2) is 18.3 Å². The van der Waals surface area contributed by atoms with E-state index in [0.717, 1.165) is 24.6 Å². The summed E-state index contributed by atoms with van der Waals surface area (Å²) in [5.74, 6) is 0.352. The second kappa shape index (κ2) is 5.96. The Hall–Kier alpha value is -1.41. The quantitative estimate of drug-likeness (QED) is 0.871. The molecule has 1 aliphatic carbocycles. The highest BCUT2D eigenvalue weighted by Gasteiger charge is 2.27. The molecule has 2 rings (SSSR count). The Balaban J connectivity index is 2.01. The Bertz CT molecular complexity index is 466. The molecule has 1 N–H and O–H groups in total. The van der Waals surface area contributed by atoms with Gasteiger partial charge < -0.3 is 5.32 Å².